The summed E-state index contributed by atoms with van der Waals surface area (Å²) in [5.74, 6) is -2.09. The van der Waals surface area contributed by atoms with Crippen LogP contribution in [0, 0.1) is 24.0 Å². The molecule has 110 valence electrons. The third kappa shape index (κ3) is 2.68. The predicted octanol–water partition coefficient (Wildman–Crippen LogP) is 2.55. The first-order valence-electron chi connectivity index (χ1n) is 6.75. The maximum atomic E-state index is 13.7. The van der Waals surface area contributed by atoms with Crippen molar-refractivity contribution in [1.29, 1.82) is 0 Å². The Kier molecular flexibility index (Phi) is 4.09. The second kappa shape index (κ2) is 5.48. The van der Waals surface area contributed by atoms with Gasteiger partial charge in [-0.3, -0.25) is 4.79 Å². The van der Waals surface area contributed by atoms with Gasteiger partial charge >= 0.3 is 0 Å². The van der Waals surface area contributed by atoms with Crippen molar-refractivity contribution < 1.29 is 18.7 Å². The minimum absolute atomic E-state index is 0.0249. The SMILES string of the molecule is Cc1cc(C(=O)NC2CCCC2(C)CO)c(F)cc1F. The molecular formula is C15H19F2NO2. The summed E-state index contributed by atoms with van der Waals surface area (Å²) >= 11 is 0. The number of benzene rings is 1. The molecule has 1 aliphatic rings. The quantitative estimate of drug-likeness (QED) is 0.895. The molecule has 1 saturated carbocycles. The highest BCUT2D eigenvalue weighted by Gasteiger charge is 2.39. The van der Waals surface area contributed by atoms with Crippen LogP contribution in [0.3, 0.4) is 0 Å². The van der Waals surface area contributed by atoms with Crippen LogP contribution in [0.2, 0.25) is 0 Å². The Morgan fingerprint density at radius 1 is 1.45 bits per heavy atom. The van der Waals surface area contributed by atoms with Crippen molar-refractivity contribution in [3.05, 3.63) is 34.9 Å². The minimum Gasteiger partial charge on any atom is -0.396 e. The molecule has 5 heteroatoms. The third-order valence-electron chi connectivity index (χ3n) is 4.24. The average molecular weight is 283 g/mol. The molecule has 1 aromatic carbocycles. The number of rotatable bonds is 3. The fourth-order valence-corrected chi connectivity index (χ4v) is 2.74. The largest absolute Gasteiger partial charge is 0.396 e. The summed E-state index contributed by atoms with van der Waals surface area (Å²) < 4.78 is 26.9. The Balaban J connectivity index is 2.19. The molecule has 0 aromatic heterocycles. The smallest absolute Gasteiger partial charge is 0.254 e. The lowest BCUT2D eigenvalue weighted by atomic mass is 9.85. The van der Waals surface area contributed by atoms with E-state index in [0.29, 0.717) is 0 Å². The van der Waals surface area contributed by atoms with Crippen molar-refractivity contribution in [3.8, 4) is 0 Å². The van der Waals surface area contributed by atoms with Gasteiger partial charge in [0.1, 0.15) is 11.6 Å². The van der Waals surface area contributed by atoms with E-state index < -0.39 is 17.5 Å². The number of hydrogen-bond acceptors (Lipinski definition) is 2. The number of amides is 1. The van der Waals surface area contributed by atoms with Crippen LogP contribution in [-0.4, -0.2) is 23.7 Å². The Bertz CT molecular complexity index is 533. The van der Waals surface area contributed by atoms with Gasteiger partial charge in [-0.25, -0.2) is 8.78 Å². The zero-order valence-electron chi connectivity index (χ0n) is 11.7. The molecule has 1 amide bonds. The molecule has 1 fully saturated rings. The molecule has 0 radical (unpaired) electrons. The molecule has 2 atom stereocenters. The minimum atomic E-state index is -0.866. The second-order valence-corrected chi connectivity index (χ2v) is 5.81. The molecule has 3 nitrogen and oxygen atoms in total. The number of aliphatic hydroxyl groups is 1. The first kappa shape index (κ1) is 14.9. The average Bonchev–Trinajstić information content (AvgIpc) is 2.76. The molecule has 2 unspecified atom stereocenters. The Morgan fingerprint density at radius 3 is 2.80 bits per heavy atom. The normalized spacial score (nSPS) is 25.8. The molecular weight excluding hydrogens is 264 g/mol. The van der Waals surface area contributed by atoms with Gasteiger partial charge < -0.3 is 10.4 Å². The highest BCUT2D eigenvalue weighted by atomic mass is 19.1. The van der Waals surface area contributed by atoms with E-state index >= 15 is 0 Å². The third-order valence-corrected chi connectivity index (χ3v) is 4.24. The number of halogens is 2. The van der Waals surface area contributed by atoms with Gasteiger partial charge in [-0.05, 0) is 31.4 Å². The first-order valence-corrected chi connectivity index (χ1v) is 6.75. The summed E-state index contributed by atoms with van der Waals surface area (Å²) in [6, 6.07) is 1.75. The lowest BCUT2D eigenvalue weighted by molar-refractivity contribution is 0.0827. The molecule has 0 heterocycles. The van der Waals surface area contributed by atoms with E-state index in [-0.39, 0.29) is 29.2 Å². The van der Waals surface area contributed by atoms with Crippen LogP contribution < -0.4 is 5.32 Å². The molecule has 0 spiro atoms. The fraction of sp³-hybridized carbons (Fsp3) is 0.533. The lowest BCUT2D eigenvalue weighted by Gasteiger charge is -2.30. The maximum Gasteiger partial charge on any atom is 0.254 e. The van der Waals surface area contributed by atoms with E-state index in [4.69, 9.17) is 0 Å². The molecule has 1 aliphatic carbocycles. The zero-order chi connectivity index (χ0) is 14.9. The Morgan fingerprint density at radius 2 is 2.15 bits per heavy atom. The molecule has 0 bridgehead atoms. The Hall–Kier alpha value is -1.49. The van der Waals surface area contributed by atoms with Gasteiger partial charge in [-0.15, -0.1) is 0 Å². The van der Waals surface area contributed by atoms with Crippen molar-refractivity contribution in [2.24, 2.45) is 5.41 Å². The molecule has 2 N–H and O–H groups in total. The van der Waals surface area contributed by atoms with Crippen LogP contribution in [0.15, 0.2) is 12.1 Å². The lowest BCUT2D eigenvalue weighted by Crippen LogP contribution is -2.45. The number of aryl methyl sites for hydroxylation is 1. The van der Waals surface area contributed by atoms with Gasteiger partial charge in [-0.1, -0.05) is 13.3 Å². The van der Waals surface area contributed by atoms with E-state index in [0.717, 1.165) is 25.3 Å². The van der Waals surface area contributed by atoms with Crippen molar-refractivity contribution in [2.45, 2.75) is 39.2 Å². The fourth-order valence-electron chi connectivity index (χ4n) is 2.74. The van der Waals surface area contributed by atoms with Crippen LogP contribution in [-0.2, 0) is 0 Å². The van der Waals surface area contributed by atoms with Crippen molar-refractivity contribution in [3.63, 3.8) is 0 Å². The summed E-state index contributed by atoms with van der Waals surface area (Å²) in [6.45, 7) is 3.36. The zero-order valence-corrected chi connectivity index (χ0v) is 11.7. The summed E-state index contributed by atoms with van der Waals surface area (Å²) in [5, 5.41) is 12.2. The summed E-state index contributed by atoms with van der Waals surface area (Å²) in [7, 11) is 0. The standard InChI is InChI=1S/C15H19F2NO2/c1-9-6-10(12(17)7-11(9)16)14(20)18-13-4-3-5-15(13,2)8-19/h6-7,13,19H,3-5,8H2,1-2H3,(H,18,20). The first-order chi connectivity index (χ1) is 9.37. The topological polar surface area (TPSA) is 49.3 Å². The van der Waals surface area contributed by atoms with E-state index in [9.17, 15) is 18.7 Å². The Labute approximate surface area is 117 Å². The molecule has 1 aromatic rings. The number of hydrogen-bond donors (Lipinski definition) is 2. The van der Waals surface area contributed by atoms with Gasteiger partial charge in [-0.2, -0.15) is 0 Å². The predicted molar refractivity (Wildman–Crippen MR) is 71.4 cm³/mol. The highest BCUT2D eigenvalue weighted by molar-refractivity contribution is 5.95. The summed E-state index contributed by atoms with van der Waals surface area (Å²) in [5.41, 5.74) is -0.301. The van der Waals surface area contributed by atoms with Crippen LogP contribution in [0.4, 0.5) is 8.78 Å². The maximum absolute atomic E-state index is 13.7. The molecule has 0 aliphatic heterocycles. The van der Waals surface area contributed by atoms with E-state index in [1.54, 1.807) is 0 Å². The van der Waals surface area contributed by atoms with Gasteiger partial charge in [0.15, 0.2) is 0 Å². The monoisotopic (exact) mass is 283 g/mol. The van der Waals surface area contributed by atoms with Crippen LogP contribution >= 0.6 is 0 Å². The van der Waals surface area contributed by atoms with Gasteiger partial charge in [0.25, 0.3) is 5.91 Å². The van der Waals surface area contributed by atoms with Crippen LogP contribution in [0.25, 0.3) is 0 Å². The number of aliphatic hydroxyl groups excluding tert-OH is 1. The number of carbonyl (C=O) groups is 1. The summed E-state index contributed by atoms with van der Waals surface area (Å²) in [6.07, 6.45) is 2.48. The second-order valence-electron chi connectivity index (χ2n) is 5.81. The van der Waals surface area contributed by atoms with E-state index in [2.05, 4.69) is 5.32 Å². The van der Waals surface area contributed by atoms with Crippen molar-refractivity contribution in [1.82, 2.24) is 5.32 Å². The van der Waals surface area contributed by atoms with Crippen LogP contribution in [0.1, 0.15) is 42.1 Å². The van der Waals surface area contributed by atoms with E-state index in [1.165, 1.54) is 13.0 Å². The highest BCUT2D eigenvalue weighted by Crippen LogP contribution is 2.37. The molecule has 2 rings (SSSR count). The number of nitrogens with one attached hydrogen (secondary N) is 1. The van der Waals surface area contributed by atoms with Gasteiger partial charge in [0.05, 0.1) is 12.2 Å². The van der Waals surface area contributed by atoms with Gasteiger partial charge in [0, 0.05) is 17.5 Å². The van der Waals surface area contributed by atoms with E-state index in [1.807, 2.05) is 6.92 Å². The van der Waals surface area contributed by atoms with Crippen molar-refractivity contribution in [2.75, 3.05) is 6.61 Å². The van der Waals surface area contributed by atoms with Crippen LogP contribution in [0.5, 0.6) is 0 Å². The van der Waals surface area contributed by atoms with Crippen molar-refractivity contribution >= 4 is 5.91 Å². The molecule has 20 heavy (non-hydrogen) atoms. The molecule has 0 saturated heterocycles. The van der Waals surface area contributed by atoms with Gasteiger partial charge in [0.2, 0.25) is 0 Å². The summed E-state index contributed by atoms with van der Waals surface area (Å²) in [4.78, 5) is 12.1. The number of carbonyl (C=O) groups excluding carboxylic acids is 1.